The third kappa shape index (κ3) is 3.39. The molecule has 3 rings (SSSR count). The van der Waals surface area contributed by atoms with E-state index in [9.17, 15) is 4.39 Å². The molecule has 106 valence electrons. The molecule has 0 spiro atoms. The van der Waals surface area contributed by atoms with Gasteiger partial charge in [-0.2, -0.15) is 0 Å². The molecule has 3 nitrogen and oxygen atoms in total. The molecular formula is C16H18FNO2. The van der Waals surface area contributed by atoms with Gasteiger partial charge in [-0.15, -0.1) is 0 Å². The molecule has 1 aromatic carbocycles. The summed E-state index contributed by atoms with van der Waals surface area (Å²) in [7, 11) is 0. The quantitative estimate of drug-likeness (QED) is 0.875. The highest BCUT2D eigenvalue weighted by Gasteiger charge is 2.20. The molecule has 1 aliphatic rings. The fourth-order valence-corrected chi connectivity index (χ4v) is 2.01. The zero-order chi connectivity index (χ0) is 13.9. The van der Waals surface area contributed by atoms with Crippen LogP contribution >= 0.6 is 0 Å². The molecule has 1 aromatic heterocycles. The number of ether oxygens (including phenoxy) is 1. The second-order valence-corrected chi connectivity index (χ2v) is 5.28. The van der Waals surface area contributed by atoms with Gasteiger partial charge < -0.3 is 14.5 Å². The van der Waals surface area contributed by atoms with E-state index in [0.717, 1.165) is 17.9 Å². The van der Waals surface area contributed by atoms with E-state index in [2.05, 4.69) is 5.32 Å². The number of benzene rings is 1. The number of hydrogen-bond donors (Lipinski definition) is 1. The topological polar surface area (TPSA) is 34.4 Å². The molecule has 0 aliphatic heterocycles. The second-order valence-electron chi connectivity index (χ2n) is 5.28. The Labute approximate surface area is 117 Å². The number of hydrogen-bond acceptors (Lipinski definition) is 3. The van der Waals surface area contributed by atoms with Crippen LogP contribution in [0.25, 0.3) is 0 Å². The summed E-state index contributed by atoms with van der Waals surface area (Å²) >= 11 is 0. The van der Waals surface area contributed by atoms with E-state index >= 15 is 0 Å². The van der Waals surface area contributed by atoms with E-state index in [4.69, 9.17) is 9.15 Å². The van der Waals surface area contributed by atoms with Crippen LogP contribution < -0.4 is 10.1 Å². The van der Waals surface area contributed by atoms with Gasteiger partial charge in [0.15, 0.2) is 0 Å². The Morgan fingerprint density at radius 2 is 2.20 bits per heavy atom. The number of halogens is 1. The summed E-state index contributed by atoms with van der Waals surface area (Å²) in [5, 5.41) is 3.43. The molecule has 1 saturated carbocycles. The number of nitrogens with one attached hydrogen (secondary N) is 1. The predicted molar refractivity (Wildman–Crippen MR) is 74.0 cm³/mol. The SMILES string of the molecule is Cc1cc(OCc2cc(CNC3CC3)co2)ccc1F. The zero-order valence-electron chi connectivity index (χ0n) is 11.5. The second kappa shape index (κ2) is 5.67. The van der Waals surface area contributed by atoms with Crippen molar-refractivity contribution in [3.8, 4) is 5.75 Å². The van der Waals surface area contributed by atoms with Crippen LogP contribution in [0.3, 0.4) is 0 Å². The molecule has 0 unspecified atom stereocenters. The minimum absolute atomic E-state index is 0.219. The standard InChI is InChI=1S/C16H18FNO2/c1-11-6-14(4-5-16(11)17)20-10-15-7-12(9-19-15)8-18-13-2-3-13/h4-7,9,13,18H,2-3,8,10H2,1H3. The highest BCUT2D eigenvalue weighted by Crippen LogP contribution is 2.20. The monoisotopic (exact) mass is 275 g/mol. The van der Waals surface area contributed by atoms with Gasteiger partial charge in [0.05, 0.1) is 6.26 Å². The Balaban J connectivity index is 1.53. The van der Waals surface area contributed by atoms with Gasteiger partial charge >= 0.3 is 0 Å². The molecule has 20 heavy (non-hydrogen) atoms. The van der Waals surface area contributed by atoms with Gasteiger partial charge in [0, 0.05) is 18.2 Å². The molecule has 0 atom stereocenters. The third-order valence-electron chi connectivity index (χ3n) is 3.39. The Bertz CT molecular complexity index is 590. The molecule has 0 saturated heterocycles. The van der Waals surface area contributed by atoms with Crippen molar-refractivity contribution in [2.75, 3.05) is 0 Å². The first-order chi connectivity index (χ1) is 9.70. The van der Waals surface area contributed by atoms with Crippen molar-refractivity contribution in [1.82, 2.24) is 5.32 Å². The first kappa shape index (κ1) is 13.2. The first-order valence-electron chi connectivity index (χ1n) is 6.89. The minimum atomic E-state index is -0.219. The molecule has 0 radical (unpaired) electrons. The van der Waals surface area contributed by atoms with Crippen molar-refractivity contribution in [2.45, 2.75) is 39.0 Å². The molecule has 2 aromatic rings. The summed E-state index contributed by atoms with van der Waals surface area (Å²) in [5.74, 6) is 1.21. The van der Waals surface area contributed by atoms with Crippen LogP contribution in [0, 0.1) is 12.7 Å². The van der Waals surface area contributed by atoms with Crippen molar-refractivity contribution in [3.05, 3.63) is 53.2 Å². The molecule has 1 fully saturated rings. The average Bonchev–Trinajstić information content (AvgIpc) is 3.16. The molecule has 0 amide bonds. The van der Waals surface area contributed by atoms with E-state index in [1.54, 1.807) is 25.3 Å². The molecule has 0 bridgehead atoms. The summed E-state index contributed by atoms with van der Waals surface area (Å²) in [4.78, 5) is 0. The molecule has 1 aliphatic carbocycles. The van der Waals surface area contributed by atoms with Crippen LogP contribution in [0.15, 0.2) is 34.9 Å². The van der Waals surface area contributed by atoms with Crippen LogP contribution in [0.4, 0.5) is 4.39 Å². The number of furan rings is 1. The molecule has 1 N–H and O–H groups in total. The van der Waals surface area contributed by atoms with Gasteiger partial charge in [0.2, 0.25) is 0 Å². The van der Waals surface area contributed by atoms with E-state index in [0.29, 0.717) is 24.0 Å². The van der Waals surface area contributed by atoms with Crippen molar-refractivity contribution in [2.24, 2.45) is 0 Å². The summed E-state index contributed by atoms with van der Waals surface area (Å²) in [5.41, 5.74) is 1.71. The van der Waals surface area contributed by atoms with Gasteiger partial charge in [0.25, 0.3) is 0 Å². The molecular weight excluding hydrogens is 257 g/mol. The first-order valence-corrected chi connectivity index (χ1v) is 6.89. The lowest BCUT2D eigenvalue weighted by Crippen LogP contribution is -2.14. The summed E-state index contributed by atoms with van der Waals surface area (Å²) < 4.78 is 24.2. The molecule has 4 heteroatoms. The summed E-state index contributed by atoms with van der Waals surface area (Å²) in [6.07, 6.45) is 4.31. The van der Waals surface area contributed by atoms with Crippen LogP contribution in [0.5, 0.6) is 5.75 Å². The Hall–Kier alpha value is -1.81. The number of aryl methyl sites for hydroxylation is 1. The van der Waals surface area contributed by atoms with Crippen LogP contribution in [-0.2, 0) is 13.2 Å². The van der Waals surface area contributed by atoms with Crippen molar-refractivity contribution in [1.29, 1.82) is 0 Å². The molecule has 1 heterocycles. The minimum Gasteiger partial charge on any atom is -0.486 e. The zero-order valence-corrected chi connectivity index (χ0v) is 11.5. The largest absolute Gasteiger partial charge is 0.486 e. The van der Waals surface area contributed by atoms with E-state index < -0.39 is 0 Å². The van der Waals surface area contributed by atoms with Crippen LogP contribution in [-0.4, -0.2) is 6.04 Å². The van der Waals surface area contributed by atoms with Crippen LogP contribution in [0.1, 0.15) is 29.7 Å². The predicted octanol–water partition coefficient (Wildman–Crippen LogP) is 3.56. The Morgan fingerprint density at radius 1 is 1.35 bits per heavy atom. The normalized spacial score (nSPS) is 14.5. The van der Waals surface area contributed by atoms with E-state index in [1.165, 1.54) is 18.9 Å². The van der Waals surface area contributed by atoms with E-state index in [-0.39, 0.29) is 5.82 Å². The summed E-state index contributed by atoms with van der Waals surface area (Å²) in [6.45, 7) is 2.91. The lowest BCUT2D eigenvalue weighted by molar-refractivity contribution is 0.270. The highest BCUT2D eigenvalue weighted by atomic mass is 19.1. The van der Waals surface area contributed by atoms with E-state index in [1.807, 2.05) is 6.07 Å². The maximum absolute atomic E-state index is 13.1. The van der Waals surface area contributed by atoms with Crippen molar-refractivity contribution < 1.29 is 13.5 Å². The Kier molecular flexibility index (Phi) is 3.74. The third-order valence-corrected chi connectivity index (χ3v) is 3.39. The van der Waals surface area contributed by atoms with Gasteiger partial charge in [0.1, 0.15) is 23.9 Å². The lowest BCUT2D eigenvalue weighted by atomic mass is 10.2. The maximum atomic E-state index is 13.1. The number of rotatable bonds is 6. The fourth-order valence-electron chi connectivity index (χ4n) is 2.01. The maximum Gasteiger partial charge on any atom is 0.146 e. The average molecular weight is 275 g/mol. The van der Waals surface area contributed by atoms with Gasteiger partial charge in [-0.25, -0.2) is 4.39 Å². The van der Waals surface area contributed by atoms with Gasteiger partial charge in [-0.05, 0) is 49.6 Å². The van der Waals surface area contributed by atoms with Crippen LogP contribution in [0.2, 0.25) is 0 Å². The van der Waals surface area contributed by atoms with Crippen molar-refractivity contribution in [3.63, 3.8) is 0 Å². The summed E-state index contributed by atoms with van der Waals surface area (Å²) in [6, 6.07) is 7.41. The van der Waals surface area contributed by atoms with Gasteiger partial charge in [-0.1, -0.05) is 0 Å². The lowest BCUT2D eigenvalue weighted by Gasteiger charge is -2.05. The Morgan fingerprint density at radius 3 is 2.95 bits per heavy atom. The van der Waals surface area contributed by atoms with Crippen molar-refractivity contribution >= 4 is 0 Å². The van der Waals surface area contributed by atoms with Gasteiger partial charge in [-0.3, -0.25) is 0 Å². The highest BCUT2D eigenvalue weighted by molar-refractivity contribution is 5.29. The smallest absolute Gasteiger partial charge is 0.146 e. The fraction of sp³-hybridized carbons (Fsp3) is 0.375.